The summed E-state index contributed by atoms with van der Waals surface area (Å²) < 4.78 is 26.6. The van der Waals surface area contributed by atoms with E-state index < -0.39 is 10.0 Å². The number of nitrogens with two attached hydrogens (primary N) is 1. The number of sulfonamides is 1. The van der Waals surface area contributed by atoms with Gasteiger partial charge in [0.25, 0.3) is 0 Å². The van der Waals surface area contributed by atoms with Crippen LogP contribution >= 0.6 is 11.6 Å². The molecule has 0 aliphatic carbocycles. The second-order valence-electron chi connectivity index (χ2n) is 3.73. The van der Waals surface area contributed by atoms with Gasteiger partial charge in [-0.15, -0.1) is 0 Å². The van der Waals surface area contributed by atoms with E-state index in [1.807, 2.05) is 0 Å². The van der Waals surface area contributed by atoms with Crippen molar-refractivity contribution in [1.82, 2.24) is 19.9 Å². The minimum Gasteiger partial charge on any atom is -0.326 e. The summed E-state index contributed by atoms with van der Waals surface area (Å²) in [6.45, 7) is 0.243. The first kappa shape index (κ1) is 13.9. The molecular weight excluding hydrogens is 290 g/mol. The summed E-state index contributed by atoms with van der Waals surface area (Å²) in [6.07, 6.45) is 1.30. The molecule has 4 N–H and O–H groups in total. The molecule has 19 heavy (non-hydrogen) atoms. The zero-order valence-electron chi connectivity index (χ0n) is 9.80. The Morgan fingerprint density at radius 3 is 2.84 bits per heavy atom. The highest BCUT2D eigenvalue weighted by molar-refractivity contribution is 7.89. The molecule has 0 aliphatic heterocycles. The van der Waals surface area contributed by atoms with Crippen LogP contribution in [0.5, 0.6) is 0 Å². The van der Waals surface area contributed by atoms with E-state index in [4.69, 9.17) is 17.3 Å². The summed E-state index contributed by atoms with van der Waals surface area (Å²) in [7, 11) is -3.72. The molecule has 0 unspecified atom stereocenters. The van der Waals surface area contributed by atoms with Crippen LogP contribution in [0, 0.1) is 0 Å². The first-order valence-corrected chi connectivity index (χ1v) is 7.21. The third-order valence-electron chi connectivity index (χ3n) is 2.42. The Labute approximate surface area is 115 Å². The molecule has 0 aliphatic rings. The fourth-order valence-corrected chi connectivity index (χ4v) is 2.97. The predicted octanol–water partition coefficient (Wildman–Crippen LogP) is 0.395. The molecule has 0 atom stereocenters. The summed E-state index contributed by atoms with van der Waals surface area (Å²) in [5.74, 6) is 0.412. The first-order valence-electron chi connectivity index (χ1n) is 5.35. The lowest BCUT2D eigenvalue weighted by atomic mass is 10.2. The largest absolute Gasteiger partial charge is 0.326 e. The number of nitrogens with zero attached hydrogens (tertiary/aromatic N) is 2. The molecule has 0 amide bonds. The van der Waals surface area contributed by atoms with Gasteiger partial charge in [0.05, 0.1) is 11.6 Å². The quantitative estimate of drug-likeness (QED) is 0.739. The molecule has 9 heteroatoms. The lowest BCUT2D eigenvalue weighted by Crippen LogP contribution is -2.24. The van der Waals surface area contributed by atoms with E-state index in [-0.39, 0.29) is 23.0 Å². The lowest BCUT2D eigenvalue weighted by molar-refractivity contribution is 0.579. The van der Waals surface area contributed by atoms with Crippen molar-refractivity contribution in [2.24, 2.45) is 5.73 Å². The van der Waals surface area contributed by atoms with Crippen molar-refractivity contribution < 1.29 is 8.42 Å². The van der Waals surface area contributed by atoms with Crippen molar-refractivity contribution in [3.05, 3.63) is 40.9 Å². The number of benzene rings is 1. The number of rotatable bonds is 5. The van der Waals surface area contributed by atoms with Crippen LogP contribution in [0.1, 0.15) is 11.4 Å². The number of halogens is 1. The fraction of sp³-hybridized carbons (Fsp3) is 0.200. The van der Waals surface area contributed by atoms with Crippen LogP contribution in [0.15, 0.2) is 29.4 Å². The van der Waals surface area contributed by atoms with Gasteiger partial charge >= 0.3 is 0 Å². The maximum atomic E-state index is 12.1. The first-order chi connectivity index (χ1) is 9.03. The van der Waals surface area contributed by atoms with Crippen LogP contribution in [-0.4, -0.2) is 23.6 Å². The van der Waals surface area contributed by atoms with Crippen LogP contribution in [-0.2, 0) is 23.1 Å². The van der Waals surface area contributed by atoms with Crippen molar-refractivity contribution in [2.75, 3.05) is 0 Å². The number of hydrogen-bond donors (Lipinski definition) is 3. The lowest BCUT2D eigenvalue weighted by Gasteiger charge is -2.08. The monoisotopic (exact) mass is 301 g/mol. The second kappa shape index (κ2) is 5.66. The van der Waals surface area contributed by atoms with Crippen molar-refractivity contribution in [3.8, 4) is 0 Å². The van der Waals surface area contributed by atoms with E-state index in [0.29, 0.717) is 11.4 Å². The van der Waals surface area contributed by atoms with Crippen molar-refractivity contribution >= 4 is 21.6 Å². The molecule has 1 heterocycles. The Balaban J connectivity index is 2.23. The minimum atomic E-state index is -3.72. The van der Waals surface area contributed by atoms with Crippen LogP contribution < -0.4 is 10.5 Å². The molecule has 1 aromatic carbocycles. The summed E-state index contributed by atoms with van der Waals surface area (Å²) in [5, 5.41) is 6.33. The SMILES string of the molecule is NCc1ccc(Cl)c(S(=O)(=O)NCc2ncn[nH]2)c1. The fourth-order valence-electron chi connectivity index (χ4n) is 1.44. The van der Waals surface area contributed by atoms with Crippen LogP contribution in [0.4, 0.5) is 0 Å². The molecule has 2 aromatic rings. The second-order valence-corrected chi connectivity index (χ2v) is 5.87. The average Bonchev–Trinajstić information content (AvgIpc) is 2.90. The summed E-state index contributed by atoms with van der Waals surface area (Å²) in [4.78, 5) is 3.82. The van der Waals surface area contributed by atoms with Gasteiger partial charge in [0.2, 0.25) is 10.0 Å². The van der Waals surface area contributed by atoms with Gasteiger partial charge in [0.1, 0.15) is 17.0 Å². The molecule has 1 aromatic heterocycles. The van der Waals surface area contributed by atoms with Crippen LogP contribution in [0.3, 0.4) is 0 Å². The molecule has 0 bridgehead atoms. The van der Waals surface area contributed by atoms with E-state index in [2.05, 4.69) is 19.9 Å². The Kier molecular flexibility index (Phi) is 4.15. The topological polar surface area (TPSA) is 114 Å². The number of aromatic nitrogens is 3. The highest BCUT2D eigenvalue weighted by Gasteiger charge is 2.18. The van der Waals surface area contributed by atoms with Gasteiger partial charge in [-0.1, -0.05) is 17.7 Å². The van der Waals surface area contributed by atoms with E-state index in [0.717, 1.165) is 0 Å². The minimum absolute atomic E-state index is 0.00312. The smallest absolute Gasteiger partial charge is 0.242 e. The Morgan fingerprint density at radius 2 is 2.21 bits per heavy atom. The van der Waals surface area contributed by atoms with Gasteiger partial charge in [0.15, 0.2) is 0 Å². The van der Waals surface area contributed by atoms with E-state index >= 15 is 0 Å². The van der Waals surface area contributed by atoms with Gasteiger partial charge < -0.3 is 5.73 Å². The molecule has 7 nitrogen and oxygen atoms in total. The molecular formula is C10H12ClN5O2S. The molecule has 0 saturated heterocycles. The van der Waals surface area contributed by atoms with Gasteiger partial charge in [-0.2, -0.15) is 5.10 Å². The third kappa shape index (κ3) is 3.29. The third-order valence-corrected chi connectivity index (χ3v) is 4.30. The van der Waals surface area contributed by atoms with Gasteiger partial charge in [-0.05, 0) is 17.7 Å². The van der Waals surface area contributed by atoms with Crippen LogP contribution in [0.25, 0.3) is 0 Å². The van der Waals surface area contributed by atoms with Gasteiger partial charge in [-0.3, -0.25) is 5.10 Å². The normalized spacial score (nSPS) is 11.7. The highest BCUT2D eigenvalue weighted by Crippen LogP contribution is 2.22. The van der Waals surface area contributed by atoms with Gasteiger partial charge in [0, 0.05) is 6.54 Å². The molecule has 0 saturated carbocycles. The summed E-state index contributed by atoms with van der Waals surface area (Å²) in [6, 6.07) is 4.63. The highest BCUT2D eigenvalue weighted by atomic mass is 35.5. The average molecular weight is 302 g/mol. The van der Waals surface area contributed by atoms with Gasteiger partial charge in [-0.25, -0.2) is 18.1 Å². The van der Waals surface area contributed by atoms with E-state index in [1.165, 1.54) is 18.5 Å². The maximum absolute atomic E-state index is 12.1. The van der Waals surface area contributed by atoms with Crippen molar-refractivity contribution in [3.63, 3.8) is 0 Å². The Morgan fingerprint density at radius 1 is 1.42 bits per heavy atom. The van der Waals surface area contributed by atoms with E-state index in [1.54, 1.807) is 6.07 Å². The predicted molar refractivity (Wildman–Crippen MR) is 69.8 cm³/mol. The molecule has 0 spiro atoms. The summed E-state index contributed by atoms with van der Waals surface area (Å²) >= 11 is 5.90. The standard InChI is InChI=1S/C10H12ClN5O2S/c11-8-2-1-7(4-12)3-9(8)19(17,18)15-5-10-13-6-14-16-10/h1-3,6,15H,4-5,12H2,(H,13,14,16). The molecule has 102 valence electrons. The number of aromatic amines is 1. The zero-order valence-corrected chi connectivity index (χ0v) is 11.4. The maximum Gasteiger partial charge on any atom is 0.242 e. The Bertz CT molecular complexity index is 657. The van der Waals surface area contributed by atoms with Crippen molar-refractivity contribution in [1.29, 1.82) is 0 Å². The molecule has 0 radical (unpaired) electrons. The van der Waals surface area contributed by atoms with E-state index in [9.17, 15) is 8.42 Å². The molecule has 0 fully saturated rings. The van der Waals surface area contributed by atoms with Crippen LogP contribution in [0.2, 0.25) is 5.02 Å². The van der Waals surface area contributed by atoms with Crippen molar-refractivity contribution in [2.45, 2.75) is 18.0 Å². The zero-order chi connectivity index (χ0) is 13.9. The number of hydrogen-bond acceptors (Lipinski definition) is 5. The Hall–Kier alpha value is -1.48. The number of H-pyrrole nitrogens is 1. The summed E-state index contributed by atoms with van der Waals surface area (Å²) in [5.41, 5.74) is 6.17. The molecule has 2 rings (SSSR count). The number of nitrogens with one attached hydrogen (secondary N) is 2.